The molecular formula is C29H38N4O5S2. The number of aromatic nitrogens is 1. The molecule has 11 heteroatoms. The van der Waals surface area contributed by atoms with Gasteiger partial charge in [0.2, 0.25) is 15.9 Å². The molecule has 0 saturated carbocycles. The molecule has 1 aromatic heterocycles. The fourth-order valence-electron chi connectivity index (χ4n) is 5.32. The standard InChI is InChI=1S/C29H38N4O5S2/c1-21-19-26-27(20-22(21)2)39-29(30-26)33(12-4-11-31-15-17-38-18-16-31)28(34)23-9-13-32(14-10-23)40(35,36)25-7-5-24(37-3)6-8-25/h5-8,19-20,23H,4,9-18H2,1-3H3. The fourth-order valence-corrected chi connectivity index (χ4v) is 7.87. The maximum Gasteiger partial charge on any atom is 0.243 e. The number of thiazole rings is 1. The van der Waals surface area contributed by atoms with Crippen molar-refractivity contribution in [3.8, 4) is 5.75 Å². The lowest BCUT2D eigenvalue weighted by Crippen LogP contribution is -2.45. The average Bonchev–Trinajstić information content (AvgIpc) is 3.38. The normalized spacial score (nSPS) is 17.8. The molecule has 0 atom stereocenters. The molecule has 9 nitrogen and oxygen atoms in total. The minimum Gasteiger partial charge on any atom is -0.497 e. The molecule has 0 radical (unpaired) electrons. The Morgan fingerprint density at radius 3 is 2.42 bits per heavy atom. The van der Waals surface area contributed by atoms with Gasteiger partial charge in [-0.1, -0.05) is 11.3 Å². The number of nitrogens with zero attached hydrogens (tertiary/aromatic N) is 4. The van der Waals surface area contributed by atoms with E-state index in [4.69, 9.17) is 14.5 Å². The molecule has 40 heavy (non-hydrogen) atoms. The van der Waals surface area contributed by atoms with E-state index >= 15 is 0 Å². The molecular weight excluding hydrogens is 548 g/mol. The molecule has 2 aliphatic rings. The number of hydrogen-bond acceptors (Lipinski definition) is 8. The number of morpholine rings is 1. The predicted molar refractivity (Wildman–Crippen MR) is 158 cm³/mol. The fraction of sp³-hybridized carbons (Fsp3) is 0.517. The van der Waals surface area contributed by atoms with Gasteiger partial charge in [-0.05, 0) is 80.6 Å². The van der Waals surface area contributed by atoms with E-state index in [0.29, 0.717) is 38.2 Å². The van der Waals surface area contributed by atoms with E-state index in [0.717, 1.165) is 54.6 Å². The third-order valence-electron chi connectivity index (χ3n) is 7.95. The van der Waals surface area contributed by atoms with Crippen LogP contribution in [0.25, 0.3) is 10.2 Å². The number of amides is 1. The zero-order chi connectivity index (χ0) is 28.3. The SMILES string of the molecule is COc1ccc(S(=O)(=O)N2CCC(C(=O)N(CCCN3CCOCC3)c3nc4cc(C)c(C)cc4s3)CC2)cc1. The number of methoxy groups -OCH3 is 1. The lowest BCUT2D eigenvalue weighted by atomic mass is 9.96. The van der Waals surface area contributed by atoms with Gasteiger partial charge in [0.25, 0.3) is 0 Å². The molecule has 2 aromatic carbocycles. The number of fused-ring (bicyclic) bond motifs is 1. The van der Waals surface area contributed by atoms with E-state index in [1.165, 1.54) is 15.4 Å². The van der Waals surface area contributed by atoms with Crippen molar-refractivity contribution in [1.82, 2.24) is 14.2 Å². The van der Waals surface area contributed by atoms with Crippen molar-refractivity contribution in [3.63, 3.8) is 0 Å². The zero-order valence-corrected chi connectivity index (χ0v) is 25.1. The quantitative estimate of drug-likeness (QED) is 0.373. The van der Waals surface area contributed by atoms with Gasteiger partial charge >= 0.3 is 0 Å². The first-order chi connectivity index (χ1) is 19.3. The van der Waals surface area contributed by atoms with E-state index in [9.17, 15) is 13.2 Å². The summed E-state index contributed by atoms with van der Waals surface area (Å²) < 4.78 is 39.7. The van der Waals surface area contributed by atoms with Gasteiger partial charge in [-0.15, -0.1) is 0 Å². The summed E-state index contributed by atoms with van der Waals surface area (Å²) in [5.74, 6) is 0.397. The van der Waals surface area contributed by atoms with Gasteiger partial charge in [0.1, 0.15) is 5.75 Å². The first-order valence-corrected chi connectivity index (χ1v) is 16.2. The van der Waals surface area contributed by atoms with Crippen LogP contribution in [-0.2, 0) is 19.6 Å². The third kappa shape index (κ3) is 6.33. The van der Waals surface area contributed by atoms with Gasteiger partial charge in [-0.3, -0.25) is 14.6 Å². The van der Waals surface area contributed by atoms with Crippen molar-refractivity contribution in [1.29, 1.82) is 0 Å². The Morgan fingerprint density at radius 2 is 1.75 bits per heavy atom. The van der Waals surface area contributed by atoms with Crippen molar-refractivity contribution >= 4 is 42.6 Å². The van der Waals surface area contributed by atoms with Gasteiger partial charge in [0, 0.05) is 45.2 Å². The predicted octanol–water partition coefficient (Wildman–Crippen LogP) is 4.08. The third-order valence-corrected chi connectivity index (χ3v) is 10.9. The monoisotopic (exact) mass is 586 g/mol. The number of hydrogen-bond donors (Lipinski definition) is 0. The van der Waals surface area contributed by atoms with Crippen LogP contribution < -0.4 is 9.64 Å². The van der Waals surface area contributed by atoms with Crippen LogP contribution >= 0.6 is 11.3 Å². The van der Waals surface area contributed by atoms with Crippen LogP contribution in [0.5, 0.6) is 5.75 Å². The highest BCUT2D eigenvalue weighted by atomic mass is 32.2. The number of ether oxygens (including phenoxy) is 2. The Hall–Kier alpha value is -2.57. The summed E-state index contributed by atoms with van der Waals surface area (Å²) in [7, 11) is -2.08. The number of aryl methyl sites for hydroxylation is 2. The van der Waals surface area contributed by atoms with Crippen molar-refractivity contribution in [3.05, 3.63) is 47.5 Å². The van der Waals surface area contributed by atoms with Crippen molar-refractivity contribution < 1.29 is 22.7 Å². The van der Waals surface area contributed by atoms with Gasteiger partial charge in [-0.2, -0.15) is 4.31 Å². The van der Waals surface area contributed by atoms with Gasteiger partial charge in [-0.25, -0.2) is 13.4 Å². The van der Waals surface area contributed by atoms with Crippen molar-refractivity contribution in [2.24, 2.45) is 5.92 Å². The highest BCUT2D eigenvalue weighted by Gasteiger charge is 2.35. The lowest BCUT2D eigenvalue weighted by molar-refractivity contribution is -0.123. The summed E-state index contributed by atoms with van der Waals surface area (Å²) in [4.78, 5) is 23.3. The number of benzene rings is 2. The van der Waals surface area contributed by atoms with Gasteiger partial charge < -0.3 is 9.47 Å². The first kappa shape index (κ1) is 28.9. The number of carbonyl (C=O) groups excluding carboxylic acids is 1. The van der Waals surface area contributed by atoms with Crippen molar-refractivity contribution in [2.75, 3.05) is 64.5 Å². The topological polar surface area (TPSA) is 92.3 Å². The molecule has 0 spiro atoms. The van der Waals surface area contributed by atoms with Crippen LogP contribution in [0.4, 0.5) is 5.13 Å². The average molecular weight is 587 g/mol. The van der Waals surface area contributed by atoms with E-state index in [2.05, 4.69) is 30.9 Å². The molecule has 216 valence electrons. The summed E-state index contributed by atoms with van der Waals surface area (Å²) in [6, 6.07) is 10.7. The second-order valence-electron chi connectivity index (χ2n) is 10.6. The summed E-state index contributed by atoms with van der Waals surface area (Å²) in [6.45, 7) is 9.58. The molecule has 0 bridgehead atoms. The maximum atomic E-state index is 14.0. The van der Waals surface area contributed by atoms with Gasteiger partial charge in [0.15, 0.2) is 5.13 Å². The summed E-state index contributed by atoms with van der Waals surface area (Å²) in [6.07, 6.45) is 1.80. The largest absolute Gasteiger partial charge is 0.497 e. The second-order valence-corrected chi connectivity index (χ2v) is 13.5. The molecule has 1 amide bonds. The Labute approximate surface area is 240 Å². The molecule has 0 N–H and O–H groups in total. The molecule has 5 rings (SSSR count). The van der Waals surface area contributed by atoms with E-state index in [-0.39, 0.29) is 16.7 Å². The Bertz CT molecular complexity index is 1390. The Balaban J connectivity index is 1.30. The molecule has 3 heterocycles. The van der Waals surface area contributed by atoms with Gasteiger partial charge in [0.05, 0.1) is 35.4 Å². The number of rotatable bonds is 9. The van der Waals surface area contributed by atoms with E-state index in [1.807, 2.05) is 4.90 Å². The van der Waals surface area contributed by atoms with Crippen LogP contribution in [0, 0.1) is 19.8 Å². The molecule has 3 aromatic rings. The smallest absolute Gasteiger partial charge is 0.243 e. The van der Waals surface area contributed by atoms with E-state index < -0.39 is 10.0 Å². The molecule has 2 aliphatic heterocycles. The molecule has 0 aliphatic carbocycles. The molecule has 2 fully saturated rings. The highest BCUT2D eigenvalue weighted by Crippen LogP contribution is 2.33. The van der Waals surface area contributed by atoms with Crippen LogP contribution in [0.15, 0.2) is 41.3 Å². The first-order valence-electron chi connectivity index (χ1n) is 13.9. The summed E-state index contributed by atoms with van der Waals surface area (Å²) >= 11 is 1.56. The lowest BCUT2D eigenvalue weighted by Gasteiger charge is -2.33. The minimum absolute atomic E-state index is 0.0379. The van der Waals surface area contributed by atoms with Crippen molar-refractivity contribution in [2.45, 2.75) is 38.0 Å². The van der Waals surface area contributed by atoms with Crippen LogP contribution in [-0.4, -0.2) is 88.1 Å². The zero-order valence-electron chi connectivity index (χ0n) is 23.5. The van der Waals surface area contributed by atoms with E-state index in [1.54, 1.807) is 42.7 Å². The minimum atomic E-state index is -3.63. The van der Waals surface area contributed by atoms with Crippen LogP contribution in [0.3, 0.4) is 0 Å². The number of piperidine rings is 1. The second kappa shape index (κ2) is 12.5. The number of anilines is 1. The maximum absolute atomic E-state index is 14.0. The Morgan fingerprint density at radius 1 is 1.07 bits per heavy atom. The molecule has 2 saturated heterocycles. The summed E-state index contributed by atoms with van der Waals surface area (Å²) in [5, 5.41) is 0.722. The van der Waals surface area contributed by atoms with Crippen LogP contribution in [0.1, 0.15) is 30.4 Å². The highest BCUT2D eigenvalue weighted by molar-refractivity contribution is 7.89. The number of sulfonamides is 1. The van der Waals surface area contributed by atoms with Crippen LogP contribution in [0.2, 0.25) is 0 Å². The molecule has 0 unspecified atom stereocenters. The Kier molecular flexibility index (Phi) is 9.06. The number of carbonyl (C=O) groups is 1. The summed E-state index contributed by atoms with van der Waals surface area (Å²) in [5.41, 5.74) is 3.30.